The molecule has 0 aromatic heterocycles. The van der Waals surface area contributed by atoms with E-state index in [9.17, 15) is 9.50 Å². The third-order valence-electron chi connectivity index (χ3n) is 7.56. The van der Waals surface area contributed by atoms with Crippen LogP contribution in [0.2, 0.25) is 5.02 Å². The van der Waals surface area contributed by atoms with Gasteiger partial charge in [-0.1, -0.05) is 49.7 Å². The van der Waals surface area contributed by atoms with Gasteiger partial charge in [-0.15, -0.1) is 0 Å². The van der Waals surface area contributed by atoms with E-state index in [2.05, 4.69) is 30.6 Å². The molecule has 0 saturated carbocycles. The lowest BCUT2D eigenvalue weighted by Crippen LogP contribution is -2.57. The van der Waals surface area contributed by atoms with Gasteiger partial charge in [-0.3, -0.25) is 4.90 Å². The van der Waals surface area contributed by atoms with Crippen molar-refractivity contribution in [3.05, 3.63) is 70.5 Å². The van der Waals surface area contributed by atoms with Crippen LogP contribution in [0.5, 0.6) is 0 Å². The van der Waals surface area contributed by atoms with Gasteiger partial charge in [0.25, 0.3) is 0 Å². The highest BCUT2D eigenvalue weighted by molar-refractivity contribution is 6.30. The molecule has 0 aliphatic carbocycles. The molecule has 4 rings (SSSR count). The monoisotopic (exact) mass is 474 g/mol. The molecule has 6 heteroatoms. The second-order valence-corrected chi connectivity index (χ2v) is 10.8. The Kier molecular flexibility index (Phi) is 7.47. The standard InChI is InChI=1S/C27H36ClFN2O2/c1-20-18-33-25(16-21-4-10-24(29)11-5-21)17-31(20)15-14-30-13-12-27(32,26(2,3)19-30)22-6-8-23(28)9-7-22/h4-11,20,25,32H,12-19H2,1-3H3. The zero-order valence-corrected chi connectivity index (χ0v) is 20.7. The first kappa shape index (κ1) is 24.6. The number of benzene rings is 2. The lowest BCUT2D eigenvalue weighted by molar-refractivity contribution is -0.127. The molecule has 0 radical (unpaired) electrons. The van der Waals surface area contributed by atoms with Crippen molar-refractivity contribution in [2.24, 2.45) is 5.41 Å². The van der Waals surface area contributed by atoms with Crippen molar-refractivity contribution < 1.29 is 14.2 Å². The number of aliphatic hydroxyl groups is 1. The first-order chi connectivity index (χ1) is 15.7. The van der Waals surface area contributed by atoms with E-state index in [1.165, 1.54) is 12.1 Å². The molecule has 0 spiro atoms. The zero-order chi connectivity index (χ0) is 23.6. The molecule has 2 saturated heterocycles. The van der Waals surface area contributed by atoms with E-state index in [1.807, 2.05) is 36.4 Å². The van der Waals surface area contributed by atoms with Crippen LogP contribution in [0, 0.1) is 11.2 Å². The SMILES string of the molecule is CC1COC(Cc2ccc(F)cc2)CN1CCN1CCC(O)(c2ccc(Cl)cc2)C(C)(C)C1. The molecule has 0 bridgehead atoms. The van der Waals surface area contributed by atoms with Crippen molar-refractivity contribution >= 4 is 11.6 Å². The van der Waals surface area contributed by atoms with Crippen molar-refractivity contribution in [3.8, 4) is 0 Å². The minimum absolute atomic E-state index is 0.124. The second kappa shape index (κ2) is 10.0. The summed E-state index contributed by atoms with van der Waals surface area (Å²) >= 11 is 6.06. The minimum atomic E-state index is -0.861. The Bertz CT molecular complexity index is 921. The number of rotatable bonds is 6. The summed E-state index contributed by atoms with van der Waals surface area (Å²) in [6, 6.07) is 14.7. The van der Waals surface area contributed by atoms with Gasteiger partial charge in [0.05, 0.1) is 18.3 Å². The number of likely N-dealkylation sites (tertiary alicyclic amines) is 1. The summed E-state index contributed by atoms with van der Waals surface area (Å²) in [6.07, 6.45) is 1.63. The number of halogens is 2. The topological polar surface area (TPSA) is 35.9 Å². The molecule has 2 aliphatic heterocycles. The Balaban J connectivity index is 1.33. The van der Waals surface area contributed by atoms with Crippen LogP contribution in [-0.2, 0) is 16.8 Å². The molecule has 2 heterocycles. The number of piperidine rings is 1. The molecule has 0 amide bonds. The van der Waals surface area contributed by atoms with Crippen LogP contribution < -0.4 is 0 Å². The van der Waals surface area contributed by atoms with E-state index in [1.54, 1.807) is 0 Å². The summed E-state index contributed by atoms with van der Waals surface area (Å²) in [5, 5.41) is 12.3. The molecule has 180 valence electrons. The van der Waals surface area contributed by atoms with Crippen LogP contribution in [0.15, 0.2) is 48.5 Å². The number of morpholine rings is 1. The summed E-state index contributed by atoms with van der Waals surface area (Å²) in [6.45, 7) is 11.8. The average Bonchev–Trinajstić information content (AvgIpc) is 2.78. The van der Waals surface area contributed by atoms with Gasteiger partial charge < -0.3 is 14.7 Å². The van der Waals surface area contributed by atoms with Crippen molar-refractivity contribution in [2.75, 3.05) is 39.3 Å². The maximum atomic E-state index is 13.2. The van der Waals surface area contributed by atoms with Crippen LogP contribution in [0.1, 0.15) is 38.3 Å². The van der Waals surface area contributed by atoms with Gasteiger partial charge in [-0.05, 0) is 55.2 Å². The summed E-state index contributed by atoms with van der Waals surface area (Å²) in [4.78, 5) is 4.98. The highest BCUT2D eigenvalue weighted by Gasteiger charge is 2.48. The fraction of sp³-hybridized carbons (Fsp3) is 0.556. The maximum Gasteiger partial charge on any atom is 0.123 e. The van der Waals surface area contributed by atoms with E-state index in [0.717, 1.165) is 50.3 Å². The predicted octanol–water partition coefficient (Wildman–Crippen LogP) is 4.73. The fourth-order valence-electron chi connectivity index (χ4n) is 5.34. The highest BCUT2D eigenvalue weighted by atomic mass is 35.5. The smallest absolute Gasteiger partial charge is 0.123 e. The average molecular weight is 475 g/mol. The van der Waals surface area contributed by atoms with Gasteiger partial charge in [0.1, 0.15) is 5.82 Å². The Hall–Kier alpha value is -1.50. The third-order valence-corrected chi connectivity index (χ3v) is 7.82. The van der Waals surface area contributed by atoms with Crippen LogP contribution in [-0.4, -0.2) is 66.4 Å². The Labute approximate surface area is 202 Å². The lowest BCUT2D eigenvalue weighted by atomic mass is 9.66. The molecule has 2 aromatic rings. The van der Waals surface area contributed by atoms with Gasteiger partial charge in [0.15, 0.2) is 0 Å². The summed E-state index contributed by atoms with van der Waals surface area (Å²) in [7, 11) is 0. The van der Waals surface area contributed by atoms with Crippen LogP contribution in [0.25, 0.3) is 0 Å². The van der Waals surface area contributed by atoms with Gasteiger partial charge in [-0.25, -0.2) is 4.39 Å². The first-order valence-corrected chi connectivity index (χ1v) is 12.3. The predicted molar refractivity (Wildman–Crippen MR) is 131 cm³/mol. The highest BCUT2D eigenvalue weighted by Crippen LogP contribution is 2.46. The molecule has 3 unspecified atom stereocenters. The van der Waals surface area contributed by atoms with Gasteiger partial charge in [0, 0.05) is 49.2 Å². The van der Waals surface area contributed by atoms with Crippen molar-refractivity contribution in [2.45, 2.75) is 51.4 Å². The zero-order valence-electron chi connectivity index (χ0n) is 19.9. The van der Waals surface area contributed by atoms with Crippen molar-refractivity contribution in [1.29, 1.82) is 0 Å². The normalized spacial score (nSPS) is 28.7. The summed E-state index contributed by atoms with van der Waals surface area (Å²) < 4.78 is 19.3. The molecule has 2 fully saturated rings. The van der Waals surface area contributed by atoms with Gasteiger partial charge in [-0.2, -0.15) is 0 Å². The molecule has 1 N–H and O–H groups in total. The number of ether oxygens (including phenoxy) is 1. The van der Waals surface area contributed by atoms with E-state index in [4.69, 9.17) is 16.3 Å². The fourth-order valence-corrected chi connectivity index (χ4v) is 5.47. The molecular formula is C27H36ClFN2O2. The molecule has 4 nitrogen and oxygen atoms in total. The van der Waals surface area contributed by atoms with E-state index >= 15 is 0 Å². The molecule has 2 aliphatic rings. The van der Waals surface area contributed by atoms with Crippen molar-refractivity contribution in [3.63, 3.8) is 0 Å². The Morgan fingerprint density at radius 3 is 2.45 bits per heavy atom. The van der Waals surface area contributed by atoms with E-state index in [-0.39, 0.29) is 17.3 Å². The quantitative estimate of drug-likeness (QED) is 0.656. The van der Waals surface area contributed by atoms with Crippen LogP contribution in [0.3, 0.4) is 0 Å². The molecule has 33 heavy (non-hydrogen) atoms. The maximum absolute atomic E-state index is 13.2. The number of hydrogen-bond donors (Lipinski definition) is 1. The Morgan fingerprint density at radius 2 is 1.79 bits per heavy atom. The van der Waals surface area contributed by atoms with Crippen molar-refractivity contribution in [1.82, 2.24) is 9.80 Å². The Morgan fingerprint density at radius 1 is 1.09 bits per heavy atom. The molecule has 3 atom stereocenters. The number of hydrogen-bond acceptors (Lipinski definition) is 4. The van der Waals surface area contributed by atoms with Gasteiger partial charge in [0.2, 0.25) is 0 Å². The van der Waals surface area contributed by atoms with Gasteiger partial charge >= 0.3 is 0 Å². The van der Waals surface area contributed by atoms with E-state index in [0.29, 0.717) is 24.1 Å². The number of nitrogens with zero attached hydrogens (tertiary/aromatic N) is 2. The first-order valence-electron chi connectivity index (χ1n) is 12.0. The lowest BCUT2D eigenvalue weighted by Gasteiger charge is -2.51. The van der Waals surface area contributed by atoms with Crippen LogP contribution >= 0.6 is 11.6 Å². The molecular weight excluding hydrogens is 439 g/mol. The second-order valence-electron chi connectivity index (χ2n) is 10.4. The van der Waals surface area contributed by atoms with E-state index < -0.39 is 5.60 Å². The summed E-state index contributed by atoms with van der Waals surface area (Å²) in [5.74, 6) is -0.203. The van der Waals surface area contributed by atoms with Crippen LogP contribution in [0.4, 0.5) is 4.39 Å². The molecule has 2 aromatic carbocycles. The summed E-state index contributed by atoms with van der Waals surface area (Å²) in [5.41, 5.74) is 0.915. The minimum Gasteiger partial charge on any atom is -0.385 e. The largest absolute Gasteiger partial charge is 0.385 e. The third kappa shape index (κ3) is 5.60.